The van der Waals surface area contributed by atoms with E-state index in [2.05, 4.69) is 12.2 Å². The van der Waals surface area contributed by atoms with Crippen LogP contribution in [0.1, 0.15) is 44.6 Å². The highest BCUT2D eigenvalue weighted by Crippen LogP contribution is 2.20. The van der Waals surface area contributed by atoms with Gasteiger partial charge in [0.05, 0.1) is 0 Å². The molecule has 1 aromatic carbocycles. The van der Waals surface area contributed by atoms with Crippen LogP contribution >= 0.6 is 23.2 Å². The van der Waals surface area contributed by atoms with Crippen LogP contribution in [-0.2, 0) is 6.42 Å². The van der Waals surface area contributed by atoms with Crippen LogP contribution < -0.4 is 5.32 Å². The highest BCUT2D eigenvalue weighted by molar-refractivity contribution is 6.35. The molecule has 0 saturated carbocycles. The highest BCUT2D eigenvalue weighted by atomic mass is 35.5. The molecule has 1 rings (SSSR count). The van der Waals surface area contributed by atoms with Crippen molar-refractivity contribution in [3.05, 3.63) is 33.8 Å². The summed E-state index contributed by atoms with van der Waals surface area (Å²) in [5, 5.41) is 4.93. The predicted octanol–water partition coefficient (Wildman–Crippen LogP) is 5.10. The second kappa shape index (κ2) is 9.66. The molecule has 3 heteroatoms. The van der Waals surface area contributed by atoms with Crippen molar-refractivity contribution >= 4 is 23.2 Å². The summed E-state index contributed by atoms with van der Waals surface area (Å²) in [6.07, 6.45) is 7.60. The van der Waals surface area contributed by atoms with Crippen molar-refractivity contribution in [3.63, 3.8) is 0 Å². The quantitative estimate of drug-likeness (QED) is 0.624. The van der Waals surface area contributed by atoms with Gasteiger partial charge in [0.15, 0.2) is 0 Å². The predicted molar refractivity (Wildman–Crippen MR) is 81.8 cm³/mol. The Morgan fingerprint density at radius 1 is 1.00 bits per heavy atom. The van der Waals surface area contributed by atoms with Gasteiger partial charge >= 0.3 is 0 Å². The average molecular weight is 288 g/mol. The van der Waals surface area contributed by atoms with E-state index in [0.29, 0.717) is 5.02 Å². The van der Waals surface area contributed by atoms with Gasteiger partial charge in [0.2, 0.25) is 0 Å². The molecule has 0 aliphatic heterocycles. The summed E-state index contributed by atoms with van der Waals surface area (Å²) in [4.78, 5) is 0. The minimum atomic E-state index is 0.702. The van der Waals surface area contributed by atoms with Crippen LogP contribution in [0.2, 0.25) is 10.0 Å². The fourth-order valence-corrected chi connectivity index (χ4v) is 2.43. The van der Waals surface area contributed by atoms with Crippen molar-refractivity contribution in [3.8, 4) is 0 Å². The zero-order chi connectivity index (χ0) is 13.2. The molecule has 0 spiro atoms. The lowest BCUT2D eigenvalue weighted by Gasteiger charge is -2.06. The Bertz CT molecular complexity index is 339. The topological polar surface area (TPSA) is 12.0 Å². The first kappa shape index (κ1) is 15.8. The van der Waals surface area contributed by atoms with E-state index in [4.69, 9.17) is 23.2 Å². The molecule has 1 nitrogen and oxygen atoms in total. The van der Waals surface area contributed by atoms with Crippen molar-refractivity contribution in [1.82, 2.24) is 5.32 Å². The Morgan fingerprint density at radius 3 is 2.50 bits per heavy atom. The van der Waals surface area contributed by atoms with Crippen molar-refractivity contribution in [2.24, 2.45) is 0 Å². The van der Waals surface area contributed by atoms with Gasteiger partial charge in [-0.1, -0.05) is 61.9 Å². The average Bonchev–Trinajstić information content (AvgIpc) is 2.35. The van der Waals surface area contributed by atoms with Gasteiger partial charge in [-0.3, -0.25) is 0 Å². The van der Waals surface area contributed by atoms with Gasteiger partial charge in [-0.2, -0.15) is 0 Å². The molecule has 0 aliphatic rings. The SMILES string of the molecule is CCCCCCCNCCc1ccc(Cl)cc1Cl. The van der Waals surface area contributed by atoms with Crippen molar-refractivity contribution in [2.75, 3.05) is 13.1 Å². The first-order valence-electron chi connectivity index (χ1n) is 6.88. The molecule has 102 valence electrons. The number of halogens is 2. The number of rotatable bonds is 9. The number of hydrogen-bond donors (Lipinski definition) is 1. The molecule has 0 fully saturated rings. The Morgan fingerprint density at radius 2 is 1.78 bits per heavy atom. The van der Waals surface area contributed by atoms with Crippen LogP contribution in [0.25, 0.3) is 0 Å². The minimum absolute atomic E-state index is 0.702. The van der Waals surface area contributed by atoms with Gasteiger partial charge in [0, 0.05) is 10.0 Å². The molecular formula is C15H23Cl2N. The second-order valence-corrected chi connectivity index (χ2v) is 5.49. The van der Waals surface area contributed by atoms with E-state index in [-0.39, 0.29) is 0 Å². The summed E-state index contributed by atoms with van der Waals surface area (Å²) in [6.45, 7) is 4.33. The maximum Gasteiger partial charge on any atom is 0.0453 e. The molecule has 1 N–H and O–H groups in total. The summed E-state index contributed by atoms with van der Waals surface area (Å²) >= 11 is 12.0. The lowest BCUT2D eigenvalue weighted by atomic mass is 10.1. The fourth-order valence-electron chi connectivity index (χ4n) is 1.93. The Kier molecular flexibility index (Phi) is 8.49. The number of benzene rings is 1. The normalized spacial score (nSPS) is 10.8. The summed E-state index contributed by atoms with van der Waals surface area (Å²) in [5.74, 6) is 0. The molecule has 0 aromatic heterocycles. The Balaban J connectivity index is 2.07. The lowest BCUT2D eigenvalue weighted by molar-refractivity contribution is 0.584. The van der Waals surface area contributed by atoms with Crippen LogP contribution in [-0.4, -0.2) is 13.1 Å². The molecule has 1 aromatic rings. The molecule has 0 radical (unpaired) electrons. The van der Waals surface area contributed by atoms with Crippen LogP contribution in [0.15, 0.2) is 18.2 Å². The van der Waals surface area contributed by atoms with E-state index in [0.717, 1.165) is 24.5 Å². The molecule has 0 atom stereocenters. The molecule has 18 heavy (non-hydrogen) atoms. The van der Waals surface area contributed by atoms with Crippen molar-refractivity contribution in [1.29, 1.82) is 0 Å². The molecule has 0 unspecified atom stereocenters. The van der Waals surface area contributed by atoms with Gasteiger partial charge in [-0.05, 0) is 43.6 Å². The number of hydrogen-bond acceptors (Lipinski definition) is 1. The van der Waals surface area contributed by atoms with Gasteiger partial charge in [-0.15, -0.1) is 0 Å². The lowest BCUT2D eigenvalue weighted by Crippen LogP contribution is -2.18. The Labute approximate surface area is 121 Å². The molecule has 0 heterocycles. The summed E-state index contributed by atoms with van der Waals surface area (Å²) in [7, 11) is 0. The van der Waals surface area contributed by atoms with E-state index < -0.39 is 0 Å². The molecule has 0 amide bonds. The first-order valence-corrected chi connectivity index (χ1v) is 7.64. The molecule has 0 bridgehead atoms. The van der Waals surface area contributed by atoms with Gasteiger partial charge in [0.25, 0.3) is 0 Å². The summed E-state index contributed by atoms with van der Waals surface area (Å²) in [6, 6.07) is 5.71. The minimum Gasteiger partial charge on any atom is -0.316 e. The summed E-state index contributed by atoms with van der Waals surface area (Å²) in [5.41, 5.74) is 1.17. The third kappa shape index (κ3) is 6.63. The highest BCUT2D eigenvalue weighted by Gasteiger charge is 2.00. The standard InChI is InChI=1S/C15H23Cl2N/c1-2-3-4-5-6-10-18-11-9-13-7-8-14(16)12-15(13)17/h7-8,12,18H,2-6,9-11H2,1H3. The largest absolute Gasteiger partial charge is 0.316 e. The third-order valence-corrected chi connectivity index (χ3v) is 3.63. The van der Waals surface area contributed by atoms with E-state index >= 15 is 0 Å². The maximum absolute atomic E-state index is 6.11. The van der Waals surface area contributed by atoms with E-state index in [9.17, 15) is 0 Å². The number of nitrogens with one attached hydrogen (secondary N) is 1. The summed E-state index contributed by atoms with van der Waals surface area (Å²) < 4.78 is 0. The smallest absolute Gasteiger partial charge is 0.0453 e. The zero-order valence-corrected chi connectivity index (χ0v) is 12.7. The Hall–Kier alpha value is -0.240. The van der Waals surface area contributed by atoms with Gasteiger partial charge < -0.3 is 5.32 Å². The molecule has 0 aliphatic carbocycles. The monoisotopic (exact) mass is 287 g/mol. The maximum atomic E-state index is 6.11. The van der Waals surface area contributed by atoms with Crippen molar-refractivity contribution in [2.45, 2.75) is 45.4 Å². The number of unbranched alkanes of at least 4 members (excludes halogenated alkanes) is 4. The molecular weight excluding hydrogens is 265 g/mol. The van der Waals surface area contributed by atoms with E-state index in [1.807, 2.05) is 18.2 Å². The van der Waals surface area contributed by atoms with Gasteiger partial charge in [-0.25, -0.2) is 0 Å². The van der Waals surface area contributed by atoms with Crippen LogP contribution in [0.3, 0.4) is 0 Å². The van der Waals surface area contributed by atoms with Crippen LogP contribution in [0, 0.1) is 0 Å². The zero-order valence-electron chi connectivity index (χ0n) is 11.1. The second-order valence-electron chi connectivity index (χ2n) is 4.65. The first-order chi connectivity index (χ1) is 8.74. The van der Waals surface area contributed by atoms with E-state index in [1.165, 1.54) is 37.7 Å². The van der Waals surface area contributed by atoms with Gasteiger partial charge in [0.1, 0.15) is 0 Å². The third-order valence-electron chi connectivity index (χ3n) is 3.04. The van der Waals surface area contributed by atoms with Crippen LogP contribution in [0.4, 0.5) is 0 Å². The molecule has 0 saturated heterocycles. The van der Waals surface area contributed by atoms with Crippen LogP contribution in [0.5, 0.6) is 0 Å². The van der Waals surface area contributed by atoms with Crippen molar-refractivity contribution < 1.29 is 0 Å². The fraction of sp³-hybridized carbons (Fsp3) is 0.600. The van der Waals surface area contributed by atoms with E-state index in [1.54, 1.807) is 0 Å².